The average molecular weight is 254 g/mol. The highest BCUT2D eigenvalue weighted by Gasteiger charge is 2.34. The van der Waals surface area contributed by atoms with E-state index in [1.165, 1.54) is 4.90 Å². The molecule has 0 amide bonds. The van der Waals surface area contributed by atoms with E-state index >= 15 is 0 Å². The molecule has 1 fully saturated rings. The lowest BCUT2D eigenvalue weighted by molar-refractivity contribution is -0.153. The second-order valence-corrected chi connectivity index (χ2v) is 4.83. The molecule has 3 nitrogen and oxygen atoms in total. The zero-order valence-corrected chi connectivity index (χ0v) is 10.3. The third-order valence-electron chi connectivity index (χ3n) is 3.01. The van der Waals surface area contributed by atoms with Crippen LogP contribution in [0.3, 0.4) is 0 Å². The maximum absolute atomic E-state index is 12.4. The van der Waals surface area contributed by atoms with E-state index in [4.69, 9.17) is 10.5 Å². The van der Waals surface area contributed by atoms with E-state index in [1.807, 2.05) is 0 Å². The third-order valence-corrected chi connectivity index (χ3v) is 3.01. The predicted molar refractivity (Wildman–Crippen MR) is 59.7 cm³/mol. The van der Waals surface area contributed by atoms with Gasteiger partial charge in [0.2, 0.25) is 0 Å². The van der Waals surface area contributed by atoms with Gasteiger partial charge in [0.1, 0.15) is 0 Å². The molecule has 0 bridgehead atoms. The molecule has 6 heteroatoms. The van der Waals surface area contributed by atoms with Crippen molar-refractivity contribution in [3.8, 4) is 0 Å². The quantitative estimate of drug-likeness (QED) is 0.812. The molecule has 1 aliphatic heterocycles. The molecule has 1 aliphatic rings. The summed E-state index contributed by atoms with van der Waals surface area (Å²) in [5.74, 6) is 0. The second-order valence-electron chi connectivity index (χ2n) is 4.83. The monoisotopic (exact) mass is 254 g/mol. The van der Waals surface area contributed by atoms with Crippen LogP contribution >= 0.6 is 0 Å². The number of hydrogen-bond donors (Lipinski definition) is 1. The van der Waals surface area contributed by atoms with Gasteiger partial charge in [-0.3, -0.25) is 4.90 Å². The molecular weight excluding hydrogens is 233 g/mol. The Hall–Kier alpha value is -0.330. The molecule has 0 aromatic rings. The van der Waals surface area contributed by atoms with Crippen LogP contribution in [0.15, 0.2) is 0 Å². The van der Waals surface area contributed by atoms with Crippen LogP contribution in [0.1, 0.15) is 26.7 Å². The van der Waals surface area contributed by atoms with Crippen LogP contribution in [0.2, 0.25) is 0 Å². The minimum Gasteiger partial charge on any atom is -0.372 e. The summed E-state index contributed by atoms with van der Waals surface area (Å²) in [5, 5.41) is 0. The van der Waals surface area contributed by atoms with Gasteiger partial charge in [-0.1, -0.05) is 0 Å². The first-order chi connectivity index (χ1) is 7.81. The Morgan fingerprint density at radius 1 is 1.29 bits per heavy atom. The van der Waals surface area contributed by atoms with E-state index in [-0.39, 0.29) is 18.2 Å². The third kappa shape index (κ3) is 5.23. The van der Waals surface area contributed by atoms with Gasteiger partial charge in [0.05, 0.1) is 18.8 Å². The fourth-order valence-corrected chi connectivity index (χ4v) is 2.04. The predicted octanol–water partition coefficient (Wildman–Crippen LogP) is 1.77. The summed E-state index contributed by atoms with van der Waals surface area (Å²) in [5.41, 5.74) is 5.47. The Bertz CT molecular complexity index is 233. The first-order valence-electron chi connectivity index (χ1n) is 5.98. The van der Waals surface area contributed by atoms with E-state index < -0.39 is 12.7 Å². The smallest absolute Gasteiger partial charge is 0.372 e. The SMILES string of the molecule is CC(C)N(CC1CCC(CN)O1)CC(F)(F)F. The Morgan fingerprint density at radius 3 is 2.29 bits per heavy atom. The van der Waals surface area contributed by atoms with E-state index in [0.717, 1.165) is 12.8 Å². The topological polar surface area (TPSA) is 38.5 Å². The van der Waals surface area contributed by atoms with Crippen molar-refractivity contribution in [1.82, 2.24) is 4.90 Å². The van der Waals surface area contributed by atoms with Crippen molar-refractivity contribution < 1.29 is 17.9 Å². The molecular formula is C11H21F3N2O. The van der Waals surface area contributed by atoms with Gasteiger partial charge in [-0.25, -0.2) is 0 Å². The van der Waals surface area contributed by atoms with Crippen LogP contribution in [0, 0.1) is 0 Å². The lowest BCUT2D eigenvalue weighted by atomic mass is 10.1. The maximum Gasteiger partial charge on any atom is 0.401 e. The lowest BCUT2D eigenvalue weighted by Crippen LogP contribution is -2.43. The summed E-state index contributed by atoms with van der Waals surface area (Å²) in [6, 6.07) is -0.142. The number of hydrogen-bond acceptors (Lipinski definition) is 3. The van der Waals surface area contributed by atoms with E-state index in [2.05, 4.69) is 0 Å². The van der Waals surface area contributed by atoms with E-state index in [1.54, 1.807) is 13.8 Å². The molecule has 0 radical (unpaired) electrons. The van der Waals surface area contributed by atoms with Crippen LogP contribution in [-0.2, 0) is 4.74 Å². The fourth-order valence-electron chi connectivity index (χ4n) is 2.04. The minimum atomic E-state index is -4.16. The van der Waals surface area contributed by atoms with Gasteiger partial charge in [0.25, 0.3) is 0 Å². The second kappa shape index (κ2) is 6.02. The van der Waals surface area contributed by atoms with Gasteiger partial charge < -0.3 is 10.5 Å². The molecule has 2 unspecified atom stereocenters. The van der Waals surface area contributed by atoms with E-state index in [0.29, 0.717) is 13.1 Å². The molecule has 0 aliphatic carbocycles. The summed E-state index contributed by atoms with van der Waals surface area (Å²) >= 11 is 0. The highest BCUT2D eigenvalue weighted by molar-refractivity contribution is 4.79. The summed E-state index contributed by atoms with van der Waals surface area (Å²) in [6.45, 7) is 3.42. The molecule has 17 heavy (non-hydrogen) atoms. The van der Waals surface area contributed by atoms with Crippen molar-refractivity contribution in [3.63, 3.8) is 0 Å². The summed E-state index contributed by atoms with van der Waals surface area (Å²) < 4.78 is 42.7. The number of ether oxygens (including phenoxy) is 1. The Labute approximate surface area is 100 Å². The maximum atomic E-state index is 12.4. The summed E-state index contributed by atoms with van der Waals surface area (Å²) in [4.78, 5) is 1.41. The molecule has 1 rings (SSSR count). The molecule has 0 saturated carbocycles. The molecule has 1 saturated heterocycles. The van der Waals surface area contributed by atoms with Gasteiger partial charge in [-0.2, -0.15) is 13.2 Å². The largest absolute Gasteiger partial charge is 0.401 e. The van der Waals surface area contributed by atoms with Gasteiger partial charge in [0.15, 0.2) is 0 Å². The van der Waals surface area contributed by atoms with Crippen LogP contribution in [0.25, 0.3) is 0 Å². The van der Waals surface area contributed by atoms with Crippen molar-refractivity contribution in [1.29, 1.82) is 0 Å². The molecule has 1 heterocycles. The van der Waals surface area contributed by atoms with Crippen molar-refractivity contribution in [2.75, 3.05) is 19.6 Å². The normalized spacial score (nSPS) is 26.1. The van der Waals surface area contributed by atoms with Crippen LogP contribution < -0.4 is 5.73 Å². The first-order valence-corrected chi connectivity index (χ1v) is 5.98. The standard InChI is InChI=1S/C11H21F3N2O/c1-8(2)16(7-11(12,13)14)6-10-4-3-9(5-15)17-10/h8-10H,3-7,15H2,1-2H3. The Morgan fingerprint density at radius 2 is 1.88 bits per heavy atom. The Kier molecular flexibility index (Phi) is 5.22. The van der Waals surface area contributed by atoms with Crippen molar-refractivity contribution in [3.05, 3.63) is 0 Å². The number of halogens is 3. The summed E-state index contributed by atoms with van der Waals surface area (Å²) in [7, 11) is 0. The highest BCUT2D eigenvalue weighted by atomic mass is 19.4. The van der Waals surface area contributed by atoms with Gasteiger partial charge in [-0.15, -0.1) is 0 Å². The van der Waals surface area contributed by atoms with Crippen LogP contribution in [0.5, 0.6) is 0 Å². The van der Waals surface area contributed by atoms with Crippen molar-refractivity contribution >= 4 is 0 Å². The molecule has 0 aromatic heterocycles. The number of nitrogens with two attached hydrogens (primary N) is 1. The van der Waals surface area contributed by atoms with Crippen LogP contribution in [-0.4, -0.2) is 49.0 Å². The van der Waals surface area contributed by atoms with E-state index in [9.17, 15) is 13.2 Å². The number of rotatable bonds is 5. The zero-order chi connectivity index (χ0) is 13.1. The molecule has 0 spiro atoms. The fraction of sp³-hybridized carbons (Fsp3) is 1.00. The molecule has 0 aromatic carbocycles. The minimum absolute atomic E-state index is 0.0138. The van der Waals surface area contributed by atoms with Gasteiger partial charge in [0, 0.05) is 19.1 Å². The average Bonchev–Trinajstić information content (AvgIpc) is 2.62. The number of nitrogens with zero attached hydrogens (tertiary/aromatic N) is 1. The molecule has 102 valence electrons. The zero-order valence-electron chi connectivity index (χ0n) is 10.3. The summed E-state index contributed by atoms with van der Waals surface area (Å²) in [6.07, 6.45) is -2.62. The highest BCUT2D eigenvalue weighted by Crippen LogP contribution is 2.23. The lowest BCUT2D eigenvalue weighted by Gasteiger charge is -2.29. The van der Waals surface area contributed by atoms with Crippen molar-refractivity contribution in [2.24, 2.45) is 5.73 Å². The van der Waals surface area contributed by atoms with Crippen molar-refractivity contribution in [2.45, 2.75) is 51.1 Å². The molecule has 2 N–H and O–H groups in total. The number of alkyl halides is 3. The van der Waals surface area contributed by atoms with Gasteiger partial charge >= 0.3 is 6.18 Å². The Balaban J connectivity index is 2.45. The van der Waals surface area contributed by atoms with Crippen LogP contribution in [0.4, 0.5) is 13.2 Å². The first kappa shape index (κ1) is 14.7. The van der Waals surface area contributed by atoms with Gasteiger partial charge in [-0.05, 0) is 26.7 Å². The molecule has 2 atom stereocenters.